The first-order valence-electron chi connectivity index (χ1n) is 7.08. The number of imide groups is 1. The van der Waals surface area contributed by atoms with Crippen molar-refractivity contribution in [3.05, 3.63) is 0 Å². The highest BCUT2D eigenvalue weighted by Gasteiger charge is 2.18. The zero-order valence-corrected chi connectivity index (χ0v) is 12.7. The molecular weight excluding hydrogens is 276 g/mol. The molecule has 8 heteroatoms. The Morgan fingerprint density at radius 1 is 1.00 bits per heavy atom. The van der Waals surface area contributed by atoms with Gasteiger partial charge in [0.15, 0.2) is 0 Å². The van der Waals surface area contributed by atoms with Crippen LogP contribution < -0.4 is 10.6 Å². The molecule has 0 radical (unpaired) electrons. The number of esters is 1. The van der Waals surface area contributed by atoms with E-state index in [0.717, 1.165) is 26.2 Å². The summed E-state index contributed by atoms with van der Waals surface area (Å²) >= 11 is 0. The quantitative estimate of drug-likeness (QED) is 0.612. The summed E-state index contributed by atoms with van der Waals surface area (Å²) < 4.78 is 4.62. The standard InChI is InChI=1S/C13H24N4O4/c1-14-13(20)15-11(18)3-5-16-7-9-17(10-8-16)6-4-12(19)21-2/h3-10H2,1-2H3,(H2,14,15,18,20). The van der Waals surface area contributed by atoms with Gasteiger partial charge in [-0.1, -0.05) is 0 Å². The lowest BCUT2D eigenvalue weighted by molar-refractivity contribution is -0.141. The van der Waals surface area contributed by atoms with Gasteiger partial charge < -0.3 is 19.9 Å². The van der Waals surface area contributed by atoms with E-state index in [1.807, 2.05) is 0 Å². The highest BCUT2D eigenvalue weighted by Crippen LogP contribution is 2.03. The molecule has 0 atom stereocenters. The number of nitrogens with zero attached hydrogens (tertiary/aromatic N) is 2. The van der Waals surface area contributed by atoms with Gasteiger partial charge in [-0.3, -0.25) is 14.9 Å². The Morgan fingerprint density at radius 3 is 2.00 bits per heavy atom. The second-order valence-electron chi connectivity index (χ2n) is 4.89. The number of methoxy groups -OCH3 is 1. The summed E-state index contributed by atoms with van der Waals surface area (Å²) in [6.07, 6.45) is 0.709. The molecule has 1 heterocycles. The van der Waals surface area contributed by atoms with Gasteiger partial charge >= 0.3 is 12.0 Å². The van der Waals surface area contributed by atoms with Gasteiger partial charge in [-0.2, -0.15) is 0 Å². The number of carbonyl (C=O) groups is 3. The number of carbonyl (C=O) groups excluding carboxylic acids is 3. The Kier molecular flexibility index (Phi) is 7.70. The molecule has 0 bridgehead atoms. The van der Waals surface area contributed by atoms with Gasteiger partial charge in [0.1, 0.15) is 0 Å². The number of hydrogen-bond donors (Lipinski definition) is 2. The van der Waals surface area contributed by atoms with Crippen LogP contribution in [-0.2, 0) is 14.3 Å². The van der Waals surface area contributed by atoms with Gasteiger partial charge in [-0.25, -0.2) is 4.79 Å². The Bertz CT molecular complexity index is 367. The lowest BCUT2D eigenvalue weighted by atomic mass is 10.2. The maximum Gasteiger partial charge on any atom is 0.321 e. The Morgan fingerprint density at radius 2 is 1.52 bits per heavy atom. The van der Waals surface area contributed by atoms with Gasteiger partial charge in [0.25, 0.3) is 0 Å². The van der Waals surface area contributed by atoms with Crippen LogP contribution in [0.2, 0.25) is 0 Å². The van der Waals surface area contributed by atoms with Crippen LogP contribution in [-0.4, -0.2) is 81.1 Å². The van der Waals surface area contributed by atoms with Crippen molar-refractivity contribution in [3.8, 4) is 0 Å². The van der Waals surface area contributed by atoms with Crippen molar-refractivity contribution in [2.45, 2.75) is 12.8 Å². The molecule has 120 valence electrons. The summed E-state index contributed by atoms with van der Waals surface area (Å²) in [5.74, 6) is -0.467. The van der Waals surface area contributed by atoms with Crippen LogP contribution in [0, 0.1) is 0 Å². The van der Waals surface area contributed by atoms with Crippen LogP contribution in [0.15, 0.2) is 0 Å². The van der Waals surface area contributed by atoms with E-state index in [9.17, 15) is 14.4 Å². The lowest BCUT2D eigenvalue weighted by Crippen LogP contribution is -2.48. The third kappa shape index (κ3) is 7.05. The monoisotopic (exact) mass is 300 g/mol. The zero-order chi connectivity index (χ0) is 15.7. The zero-order valence-electron chi connectivity index (χ0n) is 12.7. The number of amides is 3. The predicted molar refractivity (Wildman–Crippen MR) is 76.7 cm³/mol. The fraction of sp³-hybridized carbons (Fsp3) is 0.769. The lowest BCUT2D eigenvalue weighted by Gasteiger charge is -2.34. The van der Waals surface area contributed by atoms with E-state index in [-0.39, 0.29) is 11.9 Å². The first kappa shape index (κ1) is 17.4. The number of nitrogens with one attached hydrogen (secondary N) is 2. The minimum absolute atomic E-state index is 0.191. The van der Waals surface area contributed by atoms with E-state index in [1.54, 1.807) is 0 Å². The normalized spacial score (nSPS) is 16.3. The number of piperazine rings is 1. The van der Waals surface area contributed by atoms with Gasteiger partial charge in [-0.05, 0) is 0 Å². The van der Waals surface area contributed by atoms with Gasteiger partial charge in [-0.15, -0.1) is 0 Å². The van der Waals surface area contributed by atoms with E-state index >= 15 is 0 Å². The number of rotatable bonds is 6. The first-order valence-corrected chi connectivity index (χ1v) is 7.08. The SMILES string of the molecule is CNC(=O)NC(=O)CCN1CCN(CCC(=O)OC)CC1. The summed E-state index contributed by atoms with van der Waals surface area (Å²) in [7, 11) is 2.86. The summed E-state index contributed by atoms with van der Waals surface area (Å²) in [6, 6.07) is -0.479. The van der Waals surface area contributed by atoms with Gasteiger partial charge in [0.05, 0.1) is 13.5 Å². The smallest absolute Gasteiger partial charge is 0.321 e. The maximum atomic E-state index is 11.5. The molecule has 0 aliphatic carbocycles. The molecule has 1 aliphatic rings. The van der Waals surface area contributed by atoms with E-state index in [4.69, 9.17) is 0 Å². The summed E-state index contributed by atoms with van der Waals surface area (Å²) in [4.78, 5) is 37.9. The summed E-state index contributed by atoms with van der Waals surface area (Å²) in [6.45, 7) is 4.79. The van der Waals surface area contributed by atoms with Crippen molar-refractivity contribution in [1.29, 1.82) is 0 Å². The molecular formula is C13H24N4O4. The minimum atomic E-state index is -0.479. The van der Waals surface area contributed by atoms with Crippen LogP contribution >= 0.6 is 0 Å². The molecule has 0 aromatic heterocycles. The fourth-order valence-electron chi connectivity index (χ4n) is 2.10. The van der Waals surface area contributed by atoms with Crippen LogP contribution in [0.4, 0.5) is 4.79 Å². The average Bonchev–Trinajstić information content (AvgIpc) is 2.51. The van der Waals surface area contributed by atoms with Gasteiger partial charge in [0, 0.05) is 52.7 Å². The van der Waals surface area contributed by atoms with Gasteiger partial charge in [0.2, 0.25) is 5.91 Å². The summed E-state index contributed by atoms with van der Waals surface area (Å²) in [5, 5.41) is 4.58. The van der Waals surface area contributed by atoms with Crippen molar-refractivity contribution >= 4 is 17.9 Å². The van der Waals surface area contributed by atoms with E-state index in [2.05, 4.69) is 25.2 Å². The molecule has 8 nitrogen and oxygen atoms in total. The number of urea groups is 1. The van der Waals surface area contributed by atoms with Crippen LogP contribution in [0.3, 0.4) is 0 Å². The Labute approximate surface area is 124 Å². The molecule has 2 N–H and O–H groups in total. The Balaban J connectivity index is 2.14. The molecule has 0 spiro atoms. The van der Waals surface area contributed by atoms with Crippen molar-refractivity contribution in [2.24, 2.45) is 0 Å². The van der Waals surface area contributed by atoms with E-state index in [1.165, 1.54) is 14.2 Å². The third-order valence-electron chi connectivity index (χ3n) is 3.46. The maximum absolute atomic E-state index is 11.5. The molecule has 1 fully saturated rings. The predicted octanol–water partition coefficient (Wildman–Crippen LogP) is -0.987. The topological polar surface area (TPSA) is 91.0 Å². The molecule has 0 aromatic rings. The molecule has 1 saturated heterocycles. The van der Waals surface area contributed by atoms with E-state index < -0.39 is 6.03 Å². The highest BCUT2D eigenvalue weighted by atomic mass is 16.5. The average molecular weight is 300 g/mol. The second kappa shape index (κ2) is 9.30. The molecule has 0 aromatic carbocycles. The van der Waals surface area contributed by atoms with Crippen LogP contribution in [0.1, 0.15) is 12.8 Å². The van der Waals surface area contributed by atoms with E-state index in [0.29, 0.717) is 25.9 Å². The largest absolute Gasteiger partial charge is 0.469 e. The molecule has 1 aliphatic heterocycles. The molecule has 0 saturated carbocycles. The molecule has 21 heavy (non-hydrogen) atoms. The number of ether oxygens (including phenoxy) is 1. The van der Waals surface area contributed by atoms with Crippen molar-refractivity contribution in [1.82, 2.24) is 20.4 Å². The fourth-order valence-corrected chi connectivity index (χ4v) is 2.10. The molecule has 3 amide bonds. The summed E-state index contributed by atoms with van der Waals surface area (Å²) in [5.41, 5.74) is 0. The van der Waals surface area contributed by atoms with Crippen molar-refractivity contribution < 1.29 is 19.1 Å². The Hall–Kier alpha value is -1.67. The number of hydrogen-bond acceptors (Lipinski definition) is 6. The van der Waals surface area contributed by atoms with Crippen LogP contribution in [0.5, 0.6) is 0 Å². The first-order chi connectivity index (χ1) is 10.0. The van der Waals surface area contributed by atoms with Crippen molar-refractivity contribution in [2.75, 3.05) is 53.4 Å². The van der Waals surface area contributed by atoms with Crippen molar-refractivity contribution in [3.63, 3.8) is 0 Å². The third-order valence-corrected chi connectivity index (χ3v) is 3.46. The molecule has 1 rings (SSSR count). The van der Waals surface area contributed by atoms with Crippen LogP contribution in [0.25, 0.3) is 0 Å². The highest BCUT2D eigenvalue weighted by molar-refractivity contribution is 5.94. The second-order valence-corrected chi connectivity index (χ2v) is 4.89. The minimum Gasteiger partial charge on any atom is -0.469 e. The molecule has 0 unspecified atom stereocenters.